The van der Waals surface area contributed by atoms with Crippen molar-refractivity contribution in [3.8, 4) is 0 Å². The summed E-state index contributed by atoms with van der Waals surface area (Å²) in [6, 6.07) is 0. The van der Waals surface area contributed by atoms with Gasteiger partial charge in [-0.3, -0.25) is 0 Å². The first-order valence-corrected chi connectivity index (χ1v) is 24.5. The van der Waals surface area contributed by atoms with E-state index in [-0.39, 0.29) is 17.8 Å². The fourth-order valence-electron chi connectivity index (χ4n) is 14.9. The molecule has 7 rings (SSSR count). The Morgan fingerprint density at radius 1 is 0.642 bits per heavy atom. The Morgan fingerprint density at radius 2 is 1.18 bits per heavy atom. The second kappa shape index (κ2) is 19.8. The SMILES string of the molecule is CC(C)=CCC[C@](C)(O[C@@H]1O[C@H](CO)[C@@H](O)[C@H](O)[C@H]1O)[C@H]1CC[C@]2(C)[C@@H]1C(O)C[C@@H]1[C@@]3(C)CCC(O)C(C)(C)[C@@H]3[C@@H](O[C@@H]3O[C@H](CO)[C@@H](O)[C@H](O)[C@H]3O[C@@H]3O[C@H](CO)[C@@H](O)[C@H](O)[C@H]3O)C[C@]12C. The van der Waals surface area contributed by atoms with E-state index in [1.807, 2.05) is 34.6 Å². The first kappa shape index (κ1) is 53.8. The number of hydrogen-bond acceptors (Lipinski definition) is 19. The summed E-state index contributed by atoms with van der Waals surface area (Å²) in [4.78, 5) is 0. The molecule has 0 amide bonds. The van der Waals surface area contributed by atoms with Crippen molar-refractivity contribution in [1.82, 2.24) is 0 Å². The summed E-state index contributed by atoms with van der Waals surface area (Å²) in [5, 5.41) is 142. The van der Waals surface area contributed by atoms with Gasteiger partial charge in [0.15, 0.2) is 18.9 Å². The lowest BCUT2D eigenvalue weighted by Gasteiger charge is -2.72. The van der Waals surface area contributed by atoms with E-state index < -0.39 is 163 Å². The fourth-order valence-corrected chi connectivity index (χ4v) is 14.9. The molecular formula is C48H82O19. The minimum atomic E-state index is -1.86. The molecule has 67 heavy (non-hydrogen) atoms. The van der Waals surface area contributed by atoms with Crippen LogP contribution in [0.1, 0.15) is 107 Å². The molecule has 0 aromatic heterocycles. The van der Waals surface area contributed by atoms with Crippen molar-refractivity contribution >= 4 is 0 Å². The second-order valence-electron chi connectivity index (χ2n) is 23.1. The van der Waals surface area contributed by atoms with E-state index in [1.165, 1.54) is 0 Å². The number of aliphatic hydroxyl groups excluding tert-OH is 13. The van der Waals surface area contributed by atoms with E-state index in [0.717, 1.165) is 5.57 Å². The predicted molar refractivity (Wildman–Crippen MR) is 235 cm³/mol. The van der Waals surface area contributed by atoms with E-state index in [9.17, 15) is 66.4 Å². The van der Waals surface area contributed by atoms with Gasteiger partial charge in [0.1, 0.15) is 73.2 Å². The van der Waals surface area contributed by atoms with Gasteiger partial charge in [-0.05, 0) is 117 Å². The third kappa shape index (κ3) is 9.03. The van der Waals surface area contributed by atoms with Crippen LogP contribution in [-0.2, 0) is 28.4 Å². The molecular weight excluding hydrogens is 881 g/mol. The Kier molecular flexibility index (Phi) is 15.9. The Balaban J connectivity index is 1.27. The minimum Gasteiger partial charge on any atom is -0.394 e. The quantitative estimate of drug-likeness (QED) is 0.0773. The minimum absolute atomic E-state index is 0.110. The molecule has 19 nitrogen and oxygen atoms in total. The fraction of sp³-hybridized carbons (Fsp3) is 0.958. The number of aliphatic hydroxyl groups is 13. The first-order valence-electron chi connectivity index (χ1n) is 24.5. The molecule has 3 saturated heterocycles. The predicted octanol–water partition coefficient (Wildman–Crippen LogP) is -1.06. The lowest BCUT2D eigenvalue weighted by atomic mass is 9.34. The van der Waals surface area contributed by atoms with Crippen molar-refractivity contribution in [2.24, 2.45) is 45.3 Å². The topological polar surface area (TPSA) is 318 Å². The molecule has 3 aliphatic heterocycles. The van der Waals surface area contributed by atoms with Crippen LogP contribution in [-0.4, -0.2) is 202 Å². The highest BCUT2D eigenvalue weighted by Crippen LogP contribution is 2.76. The van der Waals surface area contributed by atoms with E-state index >= 15 is 0 Å². The maximum absolute atomic E-state index is 12.7. The van der Waals surface area contributed by atoms with Crippen molar-refractivity contribution in [3.05, 3.63) is 11.6 Å². The highest BCUT2D eigenvalue weighted by Gasteiger charge is 2.74. The van der Waals surface area contributed by atoms with Crippen LogP contribution in [0.2, 0.25) is 0 Å². The standard InChI is InChI=1S/C48H82O19/c1-21(2)10-9-13-48(8,67-42-38(61)35(58)32(55)26(19-50)64-42)22-11-15-46(6)30(22)23(52)16-28-45(5)14-12-29(53)44(3,4)40(45)24(17-47(28,46)7)62-43-39(36(59)33(56)27(20-51)65-43)66-41-37(60)34(57)31(54)25(18-49)63-41/h10,22-43,49-61H,9,11-20H2,1-8H3/t22-,23?,24-,25+,26+,27+,28+,29?,30-,31+,32+,33+,34-,35-,36-,37+,38+,39+,40-,41-,42-,43+,45+,46+,47+,48-/m0/s1. The van der Waals surface area contributed by atoms with E-state index in [1.54, 1.807) is 0 Å². The number of allylic oxidation sites excluding steroid dienone is 2. The highest BCUT2D eigenvalue weighted by molar-refractivity contribution is 5.22. The van der Waals surface area contributed by atoms with Gasteiger partial charge >= 0.3 is 0 Å². The second-order valence-corrected chi connectivity index (χ2v) is 23.1. The van der Waals surface area contributed by atoms with Gasteiger partial charge in [-0.25, -0.2) is 0 Å². The van der Waals surface area contributed by atoms with Crippen molar-refractivity contribution in [3.63, 3.8) is 0 Å². The van der Waals surface area contributed by atoms with Gasteiger partial charge in [0.2, 0.25) is 0 Å². The maximum atomic E-state index is 12.7. The molecule has 19 heteroatoms. The van der Waals surface area contributed by atoms with Crippen LogP contribution in [0.15, 0.2) is 11.6 Å². The monoisotopic (exact) mass is 963 g/mol. The lowest BCUT2D eigenvalue weighted by molar-refractivity contribution is -0.383. The van der Waals surface area contributed by atoms with Gasteiger partial charge in [-0.1, -0.05) is 46.3 Å². The molecule has 0 aromatic rings. The highest BCUT2D eigenvalue weighted by atomic mass is 16.8. The Hall–Kier alpha value is -1.02. The third-order valence-electron chi connectivity index (χ3n) is 18.7. The zero-order chi connectivity index (χ0) is 49.5. The van der Waals surface area contributed by atoms with E-state index in [0.29, 0.717) is 51.4 Å². The summed E-state index contributed by atoms with van der Waals surface area (Å²) in [5.41, 5.74) is -2.56. The van der Waals surface area contributed by atoms with Crippen LogP contribution in [0, 0.1) is 45.3 Å². The number of fused-ring (bicyclic) bond motifs is 5. The smallest absolute Gasteiger partial charge is 0.187 e. The summed E-state index contributed by atoms with van der Waals surface area (Å²) < 4.78 is 37.9. The molecule has 388 valence electrons. The van der Waals surface area contributed by atoms with Crippen LogP contribution in [0.4, 0.5) is 0 Å². The van der Waals surface area contributed by atoms with Gasteiger partial charge < -0.3 is 94.8 Å². The molecule has 0 radical (unpaired) electrons. The van der Waals surface area contributed by atoms with Crippen LogP contribution in [0.25, 0.3) is 0 Å². The summed E-state index contributed by atoms with van der Waals surface area (Å²) in [6.07, 6.45) is -20.0. The first-order chi connectivity index (χ1) is 31.3. The van der Waals surface area contributed by atoms with Crippen molar-refractivity contribution < 1.29 is 94.8 Å². The van der Waals surface area contributed by atoms with E-state index in [2.05, 4.69) is 26.8 Å². The van der Waals surface area contributed by atoms with Gasteiger partial charge in [0, 0.05) is 0 Å². The molecule has 0 spiro atoms. The number of hydrogen-bond donors (Lipinski definition) is 13. The van der Waals surface area contributed by atoms with Gasteiger partial charge in [0.25, 0.3) is 0 Å². The van der Waals surface area contributed by atoms with Crippen LogP contribution in [0.3, 0.4) is 0 Å². The Morgan fingerprint density at radius 3 is 1.75 bits per heavy atom. The average Bonchev–Trinajstić information content (AvgIpc) is 3.66. The molecule has 13 N–H and O–H groups in total. The molecule has 2 unspecified atom stereocenters. The number of rotatable bonds is 13. The molecule has 0 bridgehead atoms. The maximum Gasteiger partial charge on any atom is 0.187 e. The largest absolute Gasteiger partial charge is 0.394 e. The zero-order valence-corrected chi connectivity index (χ0v) is 40.3. The van der Waals surface area contributed by atoms with E-state index in [4.69, 9.17) is 28.4 Å². The Bertz CT molecular complexity index is 1710. The number of ether oxygens (including phenoxy) is 6. The summed E-state index contributed by atoms with van der Waals surface area (Å²) >= 11 is 0. The molecule has 7 aliphatic rings. The van der Waals surface area contributed by atoms with Gasteiger partial charge in [-0.15, -0.1) is 0 Å². The molecule has 7 fully saturated rings. The zero-order valence-electron chi connectivity index (χ0n) is 40.3. The molecule has 3 heterocycles. The van der Waals surface area contributed by atoms with Crippen LogP contribution < -0.4 is 0 Å². The van der Waals surface area contributed by atoms with Gasteiger partial charge in [-0.2, -0.15) is 0 Å². The van der Waals surface area contributed by atoms with Crippen LogP contribution in [0.5, 0.6) is 0 Å². The third-order valence-corrected chi connectivity index (χ3v) is 18.7. The molecule has 0 aromatic carbocycles. The Labute approximate surface area is 393 Å². The summed E-state index contributed by atoms with van der Waals surface area (Å²) in [6.45, 7) is 14.4. The summed E-state index contributed by atoms with van der Waals surface area (Å²) in [7, 11) is 0. The van der Waals surface area contributed by atoms with Crippen molar-refractivity contribution in [2.75, 3.05) is 19.8 Å². The molecule has 4 aliphatic carbocycles. The van der Waals surface area contributed by atoms with Crippen molar-refractivity contribution in [1.29, 1.82) is 0 Å². The molecule has 26 atom stereocenters. The summed E-state index contributed by atoms with van der Waals surface area (Å²) in [5.74, 6) is -1.22. The normalized spacial score (nSPS) is 52.9. The average molecular weight is 963 g/mol. The lowest BCUT2D eigenvalue weighted by Crippen LogP contribution is -2.71. The molecule has 4 saturated carbocycles. The van der Waals surface area contributed by atoms with Gasteiger partial charge in [0.05, 0.1) is 43.7 Å². The van der Waals surface area contributed by atoms with Crippen LogP contribution >= 0.6 is 0 Å². The van der Waals surface area contributed by atoms with Crippen molar-refractivity contribution in [2.45, 2.75) is 223 Å².